The van der Waals surface area contributed by atoms with E-state index in [4.69, 9.17) is 4.74 Å². The molecule has 1 N–H and O–H groups in total. The fourth-order valence-corrected chi connectivity index (χ4v) is 2.84. The number of nitrogens with one attached hydrogen (secondary N) is 1. The van der Waals surface area contributed by atoms with Gasteiger partial charge < -0.3 is 10.1 Å². The summed E-state index contributed by atoms with van der Waals surface area (Å²) in [5.74, 6) is 0.000404. The van der Waals surface area contributed by atoms with Crippen LogP contribution in [0, 0.1) is 6.92 Å². The number of rotatable bonds is 5. The number of carbonyl (C=O) groups is 2. The molecule has 1 aliphatic rings. The highest BCUT2D eigenvalue weighted by Crippen LogP contribution is 2.36. The Morgan fingerprint density at radius 3 is 2.69 bits per heavy atom. The lowest BCUT2D eigenvalue weighted by Crippen LogP contribution is -2.61. The molecule has 0 radical (unpaired) electrons. The lowest BCUT2D eigenvalue weighted by molar-refractivity contribution is -0.145. The van der Waals surface area contributed by atoms with Crippen LogP contribution in [0.25, 0.3) is 0 Å². The highest BCUT2D eigenvalue weighted by atomic mass is 16.5. The van der Waals surface area contributed by atoms with Crippen LogP contribution in [-0.2, 0) is 9.59 Å². The summed E-state index contributed by atoms with van der Waals surface area (Å²) in [6.07, 6.45) is 3.36. The minimum Gasteiger partial charge on any atom is -0.464 e. The van der Waals surface area contributed by atoms with E-state index in [1.165, 1.54) is 6.92 Å². The number of carbonyl (C=O) groups excluding carboxylic acids is 2. The zero-order chi connectivity index (χ0) is 18.7. The van der Waals surface area contributed by atoms with Gasteiger partial charge in [0.1, 0.15) is 0 Å². The molecule has 0 aliphatic carbocycles. The number of aromatic nitrogens is 1. The van der Waals surface area contributed by atoms with Crippen molar-refractivity contribution in [3.63, 3.8) is 0 Å². The SMILES string of the molecule is CCCCN1C(=O)[C@@](C)(C(=O)Nc2ccc(C)cc2)Oc2cccnc21. The van der Waals surface area contributed by atoms with Gasteiger partial charge in [0.2, 0.25) is 0 Å². The van der Waals surface area contributed by atoms with Crippen molar-refractivity contribution in [2.75, 3.05) is 16.8 Å². The molecule has 6 nitrogen and oxygen atoms in total. The molecule has 136 valence electrons. The normalized spacial score (nSPS) is 18.9. The van der Waals surface area contributed by atoms with Gasteiger partial charge in [-0.15, -0.1) is 0 Å². The second-order valence-electron chi connectivity index (χ2n) is 6.59. The fourth-order valence-electron chi connectivity index (χ4n) is 2.84. The summed E-state index contributed by atoms with van der Waals surface area (Å²) in [5, 5.41) is 2.79. The van der Waals surface area contributed by atoms with Crippen LogP contribution in [0.3, 0.4) is 0 Å². The summed E-state index contributed by atoms with van der Waals surface area (Å²) in [4.78, 5) is 31.8. The highest BCUT2D eigenvalue weighted by molar-refractivity contribution is 6.19. The van der Waals surface area contributed by atoms with Crippen LogP contribution in [0.4, 0.5) is 11.5 Å². The topological polar surface area (TPSA) is 71.5 Å². The Morgan fingerprint density at radius 2 is 2.00 bits per heavy atom. The lowest BCUT2D eigenvalue weighted by Gasteiger charge is -2.38. The molecular formula is C20H23N3O3. The number of amides is 2. The maximum Gasteiger partial charge on any atom is 0.282 e. The molecule has 6 heteroatoms. The van der Waals surface area contributed by atoms with Crippen molar-refractivity contribution in [1.29, 1.82) is 0 Å². The number of nitrogens with zero attached hydrogens (tertiary/aromatic N) is 2. The van der Waals surface area contributed by atoms with Gasteiger partial charge in [0.05, 0.1) is 0 Å². The van der Waals surface area contributed by atoms with E-state index in [0.29, 0.717) is 23.8 Å². The van der Waals surface area contributed by atoms with Gasteiger partial charge in [0.25, 0.3) is 17.4 Å². The summed E-state index contributed by atoms with van der Waals surface area (Å²) in [5.41, 5.74) is 0.0644. The Kier molecular flexibility index (Phi) is 4.93. The van der Waals surface area contributed by atoms with E-state index < -0.39 is 17.4 Å². The first-order valence-electron chi connectivity index (χ1n) is 8.80. The molecule has 2 heterocycles. The van der Waals surface area contributed by atoms with Crippen LogP contribution in [0.2, 0.25) is 0 Å². The van der Waals surface area contributed by atoms with E-state index >= 15 is 0 Å². The average molecular weight is 353 g/mol. The zero-order valence-electron chi connectivity index (χ0n) is 15.3. The zero-order valence-corrected chi connectivity index (χ0v) is 15.3. The number of ether oxygens (including phenoxy) is 1. The number of pyridine rings is 1. The van der Waals surface area contributed by atoms with Crippen molar-refractivity contribution in [3.05, 3.63) is 48.2 Å². The number of hydrogen-bond acceptors (Lipinski definition) is 4. The smallest absolute Gasteiger partial charge is 0.282 e. The van der Waals surface area contributed by atoms with Crippen LogP contribution in [0.5, 0.6) is 5.75 Å². The van der Waals surface area contributed by atoms with E-state index in [0.717, 1.165) is 18.4 Å². The van der Waals surface area contributed by atoms with Gasteiger partial charge in [-0.1, -0.05) is 31.0 Å². The number of unbranched alkanes of at least 4 members (excludes halogenated alkanes) is 1. The quantitative estimate of drug-likeness (QED) is 0.837. The molecule has 2 aromatic rings. The molecule has 1 atom stereocenters. The summed E-state index contributed by atoms with van der Waals surface area (Å²) in [6, 6.07) is 10.8. The minimum absolute atomic E-state index is 0.401. The van der Waals surface area contributed by atoms with Crippen molar-refractivity contribution >= 4 is 23.3 Å². The molecule has 1 aliphatic heterocycles. The molecule has 0 spiro atoms. The van der Waals surface area contributed by atoms with Crippen molar-refractivity contribution in [2.24, 2.45) is 0 Å². The van der Waals surface area contributed by atoms with Crippen LogP contribution >= 0.6 is 0 Å². The number of hydrogen-bond donors (Lipinski definition) is 1. The lowest BCUT2D eigenvalue weighted by atomic mass is 10.0. The summed E-state index contributed by atoms with van der Waals surface area (Å²) >= 11 is 0. The van der Waals surface area contributed by atoms with Gasteiger partial charge >= 0.3 is 0 Å². The molecule has 0 saturated heterocycles. The Morgan fingerprint density at radius 1 is 1.27 bits per heavy atom. The molecule has 0 saturated carbocycles. The average Bonchev–Trinajstić information content (AvgIpc) is 2.64. The van der Waals surface area contributed by atoms with Crippen molar-refractivity contribution in [3.8, 4) is 5.75 Å². The minimum atomic E-state index is -1.64. The maximum absolute atomic E-state index is 13.1. The van der Waals surface area contributed by atoms with Gasteiger partial charge in [-0.3, -0.25) is 14.5 Å². The molecule has 3 rings (SSSR count). The third-order valence-electron chi connectivity index (χ3n) is 4.45. The fraction of sp³-hybridized carbons (Fsp3) is 0.350. The molecular weight excluding hydrogens is 330 g/mol. The van der Waals surface area contributed by atoms with Crippen molar-refractivity contribution in [1.82, 2.24) is 4.98 Å². The number of benzene rings is 1. The Hall–Kier alpha value is -2.89. The largest absolute Gasteiger partial charge is 0.464 e. The summed E-state index contributed by atoms with van der Waals surface area (Å²) < 4.78 is 5.83. The Bertz CT molecular complexity index is 819. The number of aryl methyl sites for hydroxylation is 1. The summed E-state index contributed by atoms with van der Waals surface area (Å²) in [7, 11) is 0. The first-order chi connectivity index (χ1) is 12.5. The van der Waals surface area contributed by atoms with Gasteiger partial charge in [-0.2, -0.15) is 0 Å². The Labute approximate surface area is 153 Å². The molecule has 0 fully saturated rings. The maximum atomic E-state index is 13.1. The van der Waals surface area contributed by atoms with Gasteiger partial charge in [-0.05, 0) is 44.5 Å². The van der Waals surface area contributed by atoms with Crippen LogP contribution in [-0.4, -0.2) is 28.9 Å². The van der Waals surface area contributed by atoms with Crippen LogP contribution < -0.4 is 15.0 Å². The van der Waals surface area contributed by atoms with Gasteiger partial charge in [0, 0.05) is 18.4 Å². The van der Waals surface area contributed by atoms with E-state index in [-0.39, 0.29) is 0 Å². The monoisotopic (exact) mass is 353 g/mol. The van der Waals surface area contributed by atoms with E-state index in [2.05, 4.69) is 10.3 Å². The Balaban J connectivity index is 1.91. The van der Waals surface area contributed by atoms with Crippen molar-refractivity contribution < 1.29 is 14.3 Å². The van der Waals surface area contributed by atoms with Crippen molar-refractivity contribution in [2.45, 2.75) is 39.2 Å². The third kappa shape index (κ3) is 3.27. The van der Waals surface area contributed by atoms with E-state index in [1.54, 1.807) is 35.4 Å². The molecule has 26 heavy (non-hydrogen) atoms. The molecule has 2 amide bonds. The number of fused-ring (bicyclic) bond motifs is 1. The summed E-state index contributed by atoms with van der Waals surface area (Å²) in [6.45, 7) is 6.02. The second kappa shape index (κ2) is 7.15. The first kappa shape index (κ1) is 17.9. The first-order valence-corrected chi connectivity index (χ1v) is 8.80. The predicted octanol–water partition coefficient (Wildman–Crippen LogP) is 3.31. The van der Waals surface area contributed by atoms with Gasteiger partial charge in [-0.25, -0.2) is 4.98 Å². The molecule has 0 bridgehead atoms. The van der Waals surface area contributed by atoms with E-state index in [9.17, 15) is 9.59 Å². The van der Waals surface area contributed by atoms with Crippen LogP contribution in [0.1, 0.15) is 32.3 Å². The second-order valence-corrected chi connectivity index (χ2v) is 6.59. The van der Waals surface area contributed by atoms with Crippen LogP contribution in [0.15, 0.2) is 42.6 Å². The molecule has 1 aromatic heterocycles. The number of anilines is 2. The molecule has 1 aromatic carbocycles. The van der Waals surface area contributed by atoms with Gasteiger partial charge in [0.15, 0.2) is 11.6 Å². The van der Waals surface area contributed by atoms with E-state index in [1.807, 2.05) is 26.0 Å². The predicted molar refractivity (Wildman–Crippen MR) is 100 cm³/mol. The molecule has 0 unspecified atom stereocenters. The third-order valence-corrected chi connectivity index (χ3v) is 4.45. The standard InChI is InChI=1S/C20H23N3O3/c1-4-5-13-23-17-16(7-6-12-21-17)26-20(3,19(23)25)18(24)22-15-10-8-14(2)9-11-15/h6-12H,4-5,13H2,1-3H3,(H,22,24)/t20-/m1/s1. The highest BCUT2D eigenvalue weighted by Gasteiger charge is 2.51.